The molecule has 11 heteroatoms. The molecule has 0 unspecified atom stereocenters. The number of halogens is 1. The molecule has 0 radical (unpaired) electrons. The van der Waals surface area contributed by atoms with E-state index in [4.69, 9.17) is 9.47 Å². The van der Waals surface area contributed by atoms with Crippen LogP contribution in [0.1, 0.15) is 32.8 Å². The minimum absolute atomic E-state index is 0.0106. The van der Waals surface area contributed by atoms with Crippen molar-refractivity contribution in [3.8, 4) is 0 Å². The van der Waals surface area contributed by atoms with Gasteiger partial charge in [0, 0.05) is 13.3 Å². The monoisotopic (exact) mass is 454 g/mol. The Morgan fingerprint density at radius 3 is 2.25 bits per heavy atom. The molecule has 0 fully saturated rings. The number of nitrogens with one attached hydrogen (secondary N) is 2. The molecule has 0 aromatic heterocycles. The number of carboxylic acid groups (broad SMARTS) is 1. The van der Waals surface area contributed by atoms with E-state index in [9.17, 15) is 33.5 Å². The van der Waals surface area contributed by atoms with E-state index in [2.05, 4.69) is 10.6 Å². The highest BCUT2D eigenvalue weighted by atomic mass is 19.1. The highest BCUT2D eigenvalue weighted by Crippen LogP contribution is 2.15. The van der Waals surface area contributed by atoms with Crippen molar-refractivity contribution >= 4 is 29.7 Å². The molecule has 0 bridgehead atoms. The van der Waals surface area contributed by atoms with E-state index in [0.717, 1.165) is 6.92 Å². The number of rotatable bonds is 12. The summed E-state index contributed by atoms with van der Waals surface area (Å²) in [5.74, 6) is -7.07. The Morgan fingerprint density at radius 1 is 1.06 bits per heavy atom. The van der Waals surface area contributed by atoms with Gasteiger partial charge in [-0.25, -0.2) is 9.18 Å². The molecule has 0 saturated heterocycles. The molecule has 0 aliphatic heterocycles. The molecule has 0 aliphatic carbocycles. The normalized spacial score (nSPS) is 13.2. The van der Waals surface area contributed by atoms with E-state index >= 15 is 0 Å². The number of esters is 2. The van der Waals surface area contributed by atoms with Crippen molar-refractivity contribution in [1.82, 2.24) is 10.6 Å². The van der Waals surface area contributed by atoms with Crippen LogP contribution in [0.15, 0.2) is 24.3 Å². The summed E-state index contributed by atoms with van der Waals surface area (Å²) in [6.07, 6.45) is -0.782. The van der Waals surface area contributed by atoms with Gasteiger partial charge in [0.1, 0.15) is 17.9 Å². The lowest BCUT2D eigenvalue weighted by Gasteiger charge is -2.25. The third-order valence-corrected chi connectivity index (χ3v) is 4.27. The second-order valence-corrected chi connectivity index (χ2v) is 6.78. The first kappa shape index (κ1) is 26.5. The van der Waals surface area contributed by atoms with Gasteiger partial charge in [0.05, 0.1) is 25.6 Å². The van der Waals surface area contributed by atoms with E-state index in [1.807, 2.05) is 0 Å². The number of carbonyl (C=O) groups excluding carboxylic acids is 4. The van der Waals surface area contributed by atoms with Gasteiger partial charge in [-0.1, -0.05) is 12.1 Å². The van der Waals surface area contributed by atoms with Gasteiger partial charge >= 0.3 is 17.9 Å². The minimum Gasteiger partial charge on any atom is -0.480 e. The average molecular weight is 454 g/mol. The van der Waals surface area contributed by atoms with Gasteiger partial charge < -0.3 is 25.2 Å². The van der Waals surface area contributed by atoms with Crippen molar-refractivity contribution in [1.29, 1.82) is 0 Å². The van der Waals surface area contributed by atoms with E-state index in [-0.39, 0.29) is 19.6 Å². The molecule has 10 nitrogen and oxygen atoms in total. The topological polar surface area (TPSA) is 148 Å². The van der Waals surface area contributed by atoms with E-state index in [1.54, 1.807) is 0 Å². The zero-order chi connectivity index (χ0) is 24.3. The summed E-state index contributed by atoms with van der Waals surface area (Å²) in [6.45, 7) is 4.13. The first-order valence-corrected chi connectivity index (χ1v) is 9.95. The summed E-state index contributed by atoms with van der Waals surface area (Å²) in [4.78, 5) is 60.5. The van der Waals surface area contributed by atoms with Gasteiger partial charge in [0.15, 0.2) is 0 Å². The molecule has 3 N–H and O–H groups in total. The fourth-order valence-corrected chi connectivity index (χ4v) is 2.93. The first-order chi connectivity index (χ1) is 15.1. The molecule has 32 heavy (non-hydrogen) atoms. The molecule has 1 aromatic rings. The Morgan fingerprint density at radius 2 is 1.72 bits per heavy atom. The maximum Gasteiger partial charge on any atom is 0.327 e. The molecule has 1 aromatic carbocycles. The van der Waals surface area contributed by atoms with E-state index in [1.165, 1.54) is 38.1 Å². The van der Waals surface area contributed by atoms with Gasteiger partial charge in [0.2, 0.25) is 11.8 Å². The third kappa shape index (κ3) is 8.70. The number of amides is 2. The zero-order valence-electron chi connectivity index (χ0n) is 18.1. The summed E-state index contributed by atoms with van der Waals surface area (Å²) in [7, 11) is 0. The lowest BCUT2D eigenvalue weighted by molar-refractivity contribution is -0.160. The van der Waals surface area contributed by atoms with Crippen LogP contribution in [0.3, 0.4) is 0 Å². The summed E-state index contributed by atoms with van der Waals surface area (Å²) < 4.78 is 23.1. The second-order valence-electron chi connectivity index (χ2n) is 6.78. The van der Waals surface area contributed by atoms with E-state index in [0.29, 0.717) is 5.56 Å². The Bertz CT molecular complexity index is 845. The van der Waals surface area contributed by atoms with Crippen molar-refractivity contribution in [3.05, 3.63) is 35.6 Å². The fraction of sp³-hybridized carbons (Fsp3) is 0.476. The number of benzene rings is 1. The molecule has 2 amide bonds. The molecule has 3 atom stereocenters. The summed E-state index contributed by atoms with van der Waals surface area (Å²) in [6, 6.07) is 2.22. The number of carboxylic acids is 1. The molecular formula is C21H27FN2O8. The van der Waals surface area contributed by atoms with Gasteiger partial charge in [-0.05, 0) is 31.5 Å². The zero-order valence-corrected chi connectivity index (χ0v) is 18.1. The second kappa shape index (κ2) is 13.0. The lowest BCUT2D eigenvalue weighted by atomic mass is 9.95. The largest absolute Gasteiger partial charge is 0.480 e. The van der Waals surface area contributed by atoms with Crippen LogP contribution in [-0.2, 0) is 39.9 Å². The molecule has 0 spiro atoms. The van der Waals surface area contributed by atoms with Gasteiger partial charge in [-0.3, -0.25) is 19.2 Å². The van der Waals surface area contributed by atoms with Crippen LogP contribution in [0, 0.1) is 11.7 Å². The lowest BCUT2D eigenvalue weighted by Crippen LogP contribution is -2.55. The smallest absolute Gasteiger partial charge is 0.327 e. The van der Waals surface area contributed by atoms with E-state index < -0.39 is 60.0 Å². The maximum atomic E-state index is 13.5. The molecule has 0 heterocycles. The Kier molecular flexibility index (Phi) is 10.8. The Labute approximate surface area is 184 Å². The number of hydrogen-bond acceptors (Lipinski definition) is 7. The molecule has 0 aliphatic rings. The van der Waals surface area contributed by atoms with Gasteiger partial charge in [-0.2, -0.15) is 0 Å². The van der Waals surface area contributed by atoms with Crippen LogP contribution < -0.4 is 10.6 Å². The SMILES string of the molecule is CCOC(=O)C[C@@H](C(=O)OCC)[C@H](NC(=O)[C@@H](Cc1cccc(F)c1)NC(C)=O)C(=O)O. The number of aliphatic carboxylic acids is 1. The minimum atomic E-state index is -1.84. The van der Waals surface area contributed by atoms with Crippen molar-refractivity contribution in [2.24, 2.45) is 5.92 Å². The van der Waals surface area contributed by atoms with Crippen LogP contribution in [0.5, 0.6) is 0 Å². The van der Waals surface area contributed by atoms with Gasteiger partial charge in [-0.15, -0.1) is 0 Å². The van der Waals surface area contributed by atoms with Crippen molar-refractivity contribution < 1.29 is 42.9 Å². The summed E-state index contributed by atoms with van der Waals surface area (Å²) in [5.41, 5.74) is 0.374. The highest BCUT2D eigenvalue weighted by molar-refractivity contribution is 5.93. The average Bonchev–Trinajstić information content (AvgIpc) is 2.69. The first-order valence-electron chi connectivity index (χ1n) is 9.95. The number of ether oxygens (including phenoxy) is 2. The van der Waals surface area contributed by atoms with Gasteiger partial charge in [0.25, 0.3) is 0 Å². The number of hydrogen-bond donors (Lipinski definition) is 3. The predicted molar refractivity (Wildman–Crippen MR) is 109 cm³/mol. The summed E-state index contributed by atoms with van der Waals surface area (Å²) in [5, 5.41) is 14.2. The molecular weight excluding hydrogens is 427 g/mol. The van der Waals surface area contributed by atoms with Crippen LogP contribution in [0.4, 0.5) is 4.39 Å². The standard InChI is InChI=1S/C21H27FN2O8/c1-4-31-17(26)11-15(21(30)32-5-2)18(20(28)29)24-19(27)16(23-12(3)25)10-13-7-6-8-14(22)9-13/h6-9,15-16,18H,4-5,10-11H2,1-3H3,(H,23,25)(H,24,27)(H,28,29)/t15-,16-,18+/m1/s1. The van der Waals surface area contributed by atoms with Crippen molar-refractivity contribution in [2.75, 3.05) is 13.2 Å². The summed E-state index contributed by atoms with van der Waals surface area (Å²) >= 11 is 0. The molecule has 1 rings (SSSR count). The highest BCUT2D eigenvalue weighted by Gasteiger charge is 2.39. The predicted octanol–water partition coefficient (Wildman–Crippen LogP) is 0.575. The molecule has 0 saturated carbocycles. The molecule has 176 valence electrons. The van der Waals surface area contributed by atoms with Crippen molar-refractivity contribution in [2.45, 2.75) is 45.7 Å². The Balaban J connectivity index is 3.14. The quantitative estimate of drug-likeness (QED) is 0.388. The van der Waals surface area contributed by atoms with Crippen LogP contribution in [0.2, 0.25) is 0 Å². The van der Waals surface area contributed by atoms with Crippen LogP contribution in [-0.4, -0.2) is 60.1 Å². The van der Waals surface area contributed by atoms with Crippen LogP contribution in [0.25, 0.3) is 0 Å². The van der Waals surface area contributed by atoms with Crippen LogP contribution >= 0.6 is 0 Å². The number of carbonyl (C=O) groups is 5. The van der Waals surface area contributed by atoms with Crippen molar-refractivity contribution in [3.63, 3.8) is 0 Å². The Hall–Kier alpha value is -3.50. The maximum absolute atomic E-state index is 13.5. The fourth-order valence-electron chi connectivity index (χ4n) is 2.93. The third-order valence-electron chi connectivity index (χ3n) is 4.27.